The third-order valence-corrected chi connectivity index (χ3v) is 7.89. The second-order valence-corrected chi connectivity index (χ2v) is 10.8. The van der Waals surface area contributed by atoms with Crippen molar-refractivity contribution in [1.82, 2.24) is 0 Å². The molecule has 0 saturated carbocycles. The van der Waals surface area contributed by atoms with Crippen LogP contribution in [-0.2, 0) is 4.79 Å². The lowest BCUT2D eigenvalue weighted by molar-refractivity contribution is -0.154. The van der Waals surface area contributed by atoms with Gasteiger partial charge in [-0.1, -0.05) is 143 Å². The van der Waals surface area contributed by atoms with Gasteiger partial charge in [0.1, 0.15) is 6.10 Å². The maximum absolute atomic E-state index is 12.3. The van der Waals surface area contributed by atoms with Crippen molar-refractivity contribution in [2.24, 2.45) is 11.3 Å². The molecule has 5 nitrogen and oxygen atoms in total. The van der Waals surface area contributed by atoms with Crippen LogP contribution in [0.5, 0.6) is 0 Å². The Labute approximate surface area is 224 Å². The van der Waals surface area contributed by atoms with Crippen molar-refractivity contribution in [2.75, 3.05) is 13.2 Å². The molecule has 4 N–H and O–H groups in total. The normalized spacial score (nSPS) is 13.8. The summed E-state index contributed by atoms with van der Waals surface area (Å²) in [5.41, 5.74) is -0.486. The molecule has 0 spiro atoms. The molecule has 2 atom stereocenters. The Bertz CT molecular complexity index is 452. The number of carboxylic acids is 1. The average Bonchev–Trinajstić information content (AvgIpc) is 2.89. The number of hydrogen-bond acceptors (Lipinski definition) is 4. The van der Waals surface area contributed by atoms with E-state index in [0.717, 1.165) is 32.1 Å². The zero-order valence-electron chi connectivity index (χ0n) is 24.6. The number of aliphatic hydroxyl groups is 3. The Hall–Kier alpha value is -0.650. The molecule has 0 rings (SSSR count). The van der Waals surface area contributed by atoms with E-state index in [9.17, 15) is 9.90 Å². The highest BCUT2D eigenvalue weighted by Crippen LogP contribution is 2.42. The van der Waals surface area contributed by atoms with E-state index in [1.165, 1.54) is 103 Å². The summed E-state index contributed by atoms with van der Waals surface area (Å²) in [6, 6.07) is 0. The number of unbranched alkanes of at least 4 members (excludes halogenated alkanes) is 15. The van der Waals surface area contributed by atoms with Crippen molar-refractivity contribution in [3.8, 4) is 0 Å². The molecular weight excluding hydrogens is 452 g/mol. The van der Waals surface area contributed by atoms with Crippen molar-refractivity contribution < 1.29 is 25.2 Å². The van der Waals surface area contributed by atoms with Crippen LogP contribution in [-0.4, -0.2) is 45.7 Å². The van der Waals surface area contributed by atoms with Crippen LogP contribution in [0.15, 0.2) is 0 Å². The molecule has 36 heavy (non-hydrogen) atoms. The van der Waals surface area contributed by atoms with E-state index in [4.69, 9.17) is 15.3 Å². The molecule has 0 aromatic heterocycles. The van der Waals surface area contributed by atoms with Gasteiger partial charge in [-0.2, -0.15) is 0 Å². The lowest BCUT2D eigenvalue weighted by Gasteiger charge is -2.36. The lowest BCUT2D eigenvalue weighted by atomic mass is 9.67. The number of carboxylic acid groups (broad SMARTS) is 1. The number of rotatable bonds is 25. The minimum absolute atomic E-state index is 0.342. The molecule has 0 radical (unpaired) electrons. The van der Waals surface area contributed by atoms with Crippen LogP contribution in [0.4, 0.5) is 0 Å². The fourth-order valence-electron chi connectivity index (χ4n) is 5.31. The summed E-state index contributed by atoms with van der Waals surface area (Å²) >= 11 is 0. The Balaban J connectivity index is 0. The molecule has 5 heteroatoms. The van der Waals surface area contributed by atoms with Crippen molar-refractivity contribution in [1.29, 1.82) is 0 Å². The van der Waals surface area contributed by atoms with Gasteiger partial charge in [0.05, 0.1) is 18.6 Å². The second kappa shape index (κ2) is 27.4. The largest absolute Gasteiger partial charge is 0.481 e. The molecule has 0 aliphatic carbocycles. The fourth-order valence-corrected chi connectivity index (χ4v) is 5.31. The second-order valence-electron chi connectivity index (χ2n) is 10.8. The van der Waals surface area contributed by atoms with E-state index in [-0.39, 0.29) is 13.2 Å². The average molecular weight is 517 g/mol. The Morgan fingerprint density at radius 1 is 0.639 bits per heavy atom. The van der Waals surface area contributed by atoms with Gasteiger partial charge in [-0.05, 0) is 25.2 Å². The first-order chi connectivity index (χ1) is 17.4. The summed E-state index contributed by atoms with van der Waals surface area (Å²) in [5.74, 6) is -0.197. The predicted octanol–water partition coefficient (Wildman–Crippen LogP) is 8.28. The molecule has 0 amide bonds. The quantitative estimate of drug-likeness (QED) is 0.0915. The first-order valence-electron chi connectivity index (χ1n) is 15.5. The van der Waals surface area contributed by atoms with Gasteiger partial charge in [-0.25, -0.2) is 0 Å². The third-order valence-electron chi connectivity index (χ3n) is 7.89. The highest BCUT2D eigenvalue weighted by molar-refractivity contribution is 5.75. The maximum Gasteiger partial charge on any atom is 0.309 e. The van der Waals surface area contributed by atoms with Crippen LogP contribution in [0.2, 0.25) is 0 Å². The minimum atomic E-state index is -0.954. The highest BCUT2D eigenvalue weighted by Gasteiger charge is 2.42. The van der Waals surface area contributed by atoms with E-state index in [2.05, 4.69) is 27.7 Å². The van der Waals surface area contributed by atoms with E-state index >= 15 is 0 Å². The minimum Gasteiger partial charge on any atom is -0.481 e. The molecule has 0 aromatic carbocycles. The highest BCUT2D eigenvalue weighted by atomic mass is 16.4. The van der Waals surface area contributed by atoms with Crippen molar-refractivity contribution in [3.05, 3.63) is 0 Å². The molecule has 0 aliphatic rings. The fraction of sp³-hybridized carbons (Fsp3) is 0.968. The van der Waals surface area contributed by atoms with Gasteiger partial charge in [-0.15, -0.1) is 0 Å². The Morgan fingerprint density at radius 3 is 1.33 bits per heavy atom. The van der Waals surface area contributed by atoms with Crippen LogP contribution < -0.4 is 0 Å². The molecule has 0 heterocycles. The predicted molar refractivity (Wildman–Crippen MR) is 153 cm³/mol. The number of aliphatic hydroxyl groups excluding tert-OH is 3. The molecule has 0 saturated heterocycles. The molecular formula is C31H64O5. The number of aliphatic carboxylic acids is 1. The smallest absolute Gasteiger partial charge is 0.309 e. The van der Waals surface area contributed by atoms with E-state index < -0.39 is 17.5 Å². The molecule has 0 aromatic rings. The van der Waals surface area contributed by atoms with E-state index in [1.54, 1.807) is 0 Å². The number of carbonyl (C=O) groups is 1. The van der Waals surface area contributed by atoms with Gasteiger partial charge in [0.25, 0.3) is 0 Å². The van der Waals surface area contributed by atoms with Crippen LogP contribution in [0.3, 0.4) is 0 Å². The first kappa shape index (κ1) is 37.5. The molecule has 0 bridgehead atoms. The number of hydrogen-bond donors (Lipinski definition) is 4. The van der Waals surface area contributed by atoms with Gasteiger partial charge < -0.3 is 20.4 Å². The summed E-state index contributed by atoms with van der Waals surface area (Å²) in [7, 11) is 0. The van der Waals surface area contributed by atoms with Gasteiger partial charge >= 0.3 is 5.97 Å². The van der Waals surface area contributed by atoms with Gasteiger partial charge in [-0.3, -0.25) is 4.79 Å². The summed E-state index contributed by atoms with van der Waals surface area (Å²) < 4.78 is 0. The van der Waals surface area contributed by atoms with Gasteiger partial charge in [0.15, 0.2) is 0 Å². The zero-order chi connectivity index (χ0) is 27.5. The SMILES string of the molecule is CCCCCCCCCCCCCCCC(CC)C(CC)(CCCCCC)C(=O)O.OCC(O)CO. The first-order valence-corrected chi connectivity index (χ1v) is 15.5. The van der Waals surface area contributed by atoms with Crippen molar-refractivity contribution in [3.63, 3.8) is 0 Å². The topological polar surface area (TPSA) is 98.0 Å². The molecule has 0 fully saturated rings. The van der Waals surface area contributed by atoms with Crippen LogP contribution >= 0.6 is 0 Å². The maximum atomic E-state index is 12.3. The lowest BCUT2D eigenvalue weighted by Crippen LogP contribution is -2.38. The monoisotopic (exact) mass is 516 g/mol. The van der Waals surface area contributed by atoms with Gasteiger partial charge in [0, 0.05) is 0 Å². The Kier molecular flexibility index (Phi) is 28.5. The van der Waals surface area contributed by atoms with Crippen LogP contribution in [0.25, 0.3) is 0 Å². The van der Waals surface area contributed by atoms with Crippen molar-refractivity contribution in [2.45, 2.75) is 169 Å². The molecule has 2 unspecified atom stereocenters. The van der Waals surface area contributed by atoms with E-state index in [1.807, 2.05) is 0 Å². The summed E-state index contributed by atoms with van der Waals surface area (Å²) in [6.07, 6.45) is 25.3. The van der Waals surface area contributed by atoms with Crippen LogP contribution in [0, 0.1) is 11.3 Å². The molecule has 0 aliphatic heterocycles. The van der Waals surface area contributed by atoms with E-state index in [0.29, 0.717) is 5.92 Å². The summed E-state index contributed by atoms with van der Waals surface area (Å²) in [5, 5.41) is 34.1. The van der Waals surface area contributed by atoms with Crippen molar-refractivity contribution >= 4 is 5.97 Å². The summed E-state index contributed by atoms with van der Waals surface area (Å²) in [6.45, 7) is 8.07. The Morgan fingerprint density at radius 2 is 1.03 bits per heavy atom. The standard InChI is InChI=1S/C28H56O2.C3H8O3/c1-5-9-11-13-14-15-16-17-18-19-20-21-22-24-26(7-3)28(8-4,27(29)30)25-23-12-10-6-2;4-1-3(6)2-5/h26H,5-25H2,1-4H3,(H,29,30);3-6H,1-2H2. The van der Waals surface area contributed by atoms with Gasteiger partial charge in [0.2, 0.25) is 0 Å². The molecule has 218 valence electrons. The summed E-state index contributed by atoms with van der Waals surface area (Å²) in [4.78, 5) is 12.3. The third kappa shape index (κ3) is 19.5. The zero-order valence-corrected chi connectivity index (χ0v) is 24.6. The van der Waals surface area contributed by atoms with Crippen LogP contribution in [0.1, 0.15) is 163 Å².